The molecule has 0 aromatic carbocycles. The fourth-order valence-electron chi connectivity index (χ4n) is 1.88. The first-order valence-corrected chi connectivity index (χ1v) is 6.98. The molecule has 6 heteroatoms. The van der Waals surface area contributed by atoms with Crippen LogP contribution in [0.3, 0.4) is 0 Å². The van der Waals surface area contributed by atoms with Crippen molar-refractivity contribution in [1.29, 1.82) is 0 Å². The summed E-state index contributed by atoms with van der Waals surface area (Å²) in [6.45, 7) is 4.16. The Balaban J connectivity index is 1.90. The fourth-order valence-corrected chi connectivity index (χ4v) is 2.88. The van der Waals surface area contributed by atoms with Gasteiger partial charge in [-0.15, -0.1) is 11.3 Å². The molecule has 0 spiro atoms. The minimum absolute atomic E-state index is 0.726. The Labute approximate surface area is 120 Å². The number of aromatic nitrogens is 3. The van der Waals surface area contributed by atoms with Gasteiger partial charge in [-0.1, -0.05) is 6.07 Å². The van der Waals surface area contributed by atoms with Gasteiger partial charge in [0.15, 0.2) is 5.82 Å². The van der Waals surface area contributed by atoms with Crippen LogP contribution in [0.2, 0.25) is 0 Å². The van der Waals surface area contributed by atoms with E-state index < -0.39 is 0 Å². The summed E-state index contributed by atoms with van der Waals surface area (Å²) < 4.78 is 0. The van der Waals surface area contributed by atoms with Gasteiger partial charge in [-0.25, -0.2) is 9.97 Å². The largest absolute Gasteiger partial charge is 0.261 e. The van der Waals surface area contributed by atoms with Crippen molar-refractivity contribution in [2.45, 2.75) is 13.8 Å². The lowest BCUT2D eigenvalue weighted by Crippen LogP contribution is -1.96. The third kappa shape index (κ3) is 2.37. The van der Waals surface area contributed by atoms with Gasteiger partial charge in [0.05, 0.1) is 17.3 Å². The third-order valence-corrected chi connectivity index (χ3v) is 4.14. The Morgan fingerprint density at radius 3 is 2.90 bits per heavy atom. The molecule has 3 rings (SSSR count). The van der Waals surface area contributed by atoms with Crippen molar-refractivity contribution in [3.8, 4) is 0 Å². The van der Waals surface area contributed by atoms with Crippen molar-refractivity contribution in [2.75, 3.05) is 5.43 Å². The highest BCUT2D eigenvalue weighted by Gasteiger charge is 2.10. The minimum atomic E-state index is 0.726. The molecule has 0 unspecified atom stereocenters. The molecule has 0 aliphatic heterocycles. The highest BCUT2D eigenvalue weighted by Crippen LogP contribution is 2.32. The second kappa shape index (κ2) is 5.34. The molecule has 0 aliphatic rings. The van der Waals surface area contributed by atoms with E-state index in [1.165, 1.54) is 10.4 Å². The topological polar surface area (TPSA) is 63.1 Å². The molecule has 1 N–H and O–H groups in total. The van der Waals surface area contributed by atoms with Crippen LogP contribution in [0, 0.1) is 13.8 Å². The number of pyridine rings is 1. The van der Waals surface area contributed by atoms with Crippen molar-refractivity contribution in [1.82, 2.24) is 15.0 Å². The molecule has 0 saturated heterocycles. The molecule has 0 bridgehead atoms. The van der Waals surface area contributed by atoms with E-state index in [2.05, 4.69) is 39.3 Å². The van der Waals surface area contributed by atoms with Gasteiger partial charge >= 0.3 is 0 Å². The summed E-state index contributed by atoms with van der Waals surface area (Å²) in [6, 6.07) is 5.68. The summed E-state index contributed by atoms with van der Waals surface area (Å²) in [6.07, 6.45) is 4.95. The van der Waals surface area contributed by atoms with Crippen LogP contribution in [0.4, 0.5) is 5.82 Å². The van der Waals surface area contributed by atoms with E-state index >= 15 is 0 Å². The van der Waals surface area contributed by atoms with Gasteiger partial charge in [0, 0.05) is 11.1 Å². The molecule has 0 atom stereocenters. The second-order valence-corrected chi connectivity index (χ2v) is 5.51. The normalized spacial score (nSPS) is 11.3. The van der Waals surface area contributed by atoms with Crippen LogP contribution in [-0.4, -0.2) is 21.2 Å². The number of hydrazone groups is 1. The Bertz CT molecular complexity index is 764. The SMILES string of the molecule is Cc1sc2ncnc(N/N=C/c3ccccn3)c2c1C. The maximum atomic E-state index is 4.29. The third-order valence-electron chi connectivity index (χ3n) is 3.02. The lowest BCUT2D eigenvalue weighted by Gasteiger charge is -2.01. The number of anilines is 1. The molecule has 3 heterocycles. The number of thiophene rings is 1. The average molecular weight is 283 g/mol. The minimum Gasteiger partial charge on any atom is -0.261 e. The summed E-state index contributed by atoms with van der Waals surface area (Å²) in [7, 11) is 0. The molecular formula is C14H13N5S. The number of hydrogen-bond acceptors (Lipinski definition) is 6. The zero-order chi connectivity index (χ0) is 13.9. The average Bonchev–Trinajstić information content (AvgIpc) is 2.76. The van der Waals surface area contributed by atoms with Crippen LogP contribution in [0.25, 0.3) is 10.2 Å². The molecule has 20 heavy (non-hydrogen) atoms. The van der Waals surface area contributed by atoms with E-state index in [0.29, 0.717) is 0 Å². The van der Waals surface area contributed by atoms with Crippen molar-refractivity contribution in [3.63, 3.8) is 0 Å². The number of nitrogens with one attached hydrogen (secondary N) is 1. The van der Waals surface area contributed by atoms with E-state index in [9.17, 15) is 0 Å². The summed E-state index contributed by atoms with van der Waals surface area (Å²) in [5, 5.41) is 5.22. The summed E-state index contributed by atoms with van der Waals surface area (Å²) in [5.74, 6) is 0.726. The molecular weight excluding hydrogens is 270 g/mol. The standard InChI is InChI=1S/C14H13N5S/c1-9-10(2)20-14-12(9)13(16-8-17-14)19-18-7-11-5-3-4-6-15-11/h3-8H,1-2H3,(H,16,17,19)/b18-7+. The first-order valence-electron chi connectivity index (χ1n) is 6.16. The van der Waals surface area contributed by atoms with E-state index in [-0.39, 0.29) is 0 Å². The predicted molar refractivity (Wildman–Crippen MR) is 82.3 cm³/mol. The Hall–Kier alpha value is -2.34. The first kappa shape index (κ1) is 12.7. The fraction of sp³-hybridized carbons (Fsp3) is 0.143. The highest BCUT2D eigenvalue weighted by molar-refractivity contribution is 7.18. The molecule has 0 aliphatic carbocycles. The van der Waals surface area contributed by atoms with Crippen LogP contribution < -0.4 is 5.43 Å². The first-order chi connectivity index (χ1) is 9.75. The van der Waals surface area contributed by atoms with Crippen LogP contribution >= 0.6 is 11.3 Å². The van der Waals surface area contributed by atoms with Crippen molar-refractivity contribution in [3.05, 3.63) is 46.9 Å². The molecule has 0 amide bonds. The molecule has 0 radical (unpaired) electrons. The quantitative estimate of drug-likeness (QED) is 0.592. The smallest absolute Gasteiger partial charge is 0.158 e. The van der Waals surface area contributed by atoms with Gasteiger partial charge in [0.2, 0.25) is 0 Å². The zero-order valence-electron chi connectivity index (χ0n) is 11.2. The van der Waals surface area contributed by atoms with Crippen molar-refractivity contribution in [2.24, 2.45) is 5.10 Å². The van der Waals surface area contributed by atoms with Gasteiger partial charge < -0.3 is 0 Å². The lowest BCUT2D eigenvalue weighted by atomic mass is 10.2. The van der Waals surface area contributed by atoms with E-state index in [4.69, 9.17) is 0 Å². The molecule has 3 aromatic rings. The monoisotopic (exact) mass is 283 g/mol. The molecule has 5 nitrogen and oxygen atoms in total. The summed E-state index contributed by atoms with van der Waals surface area (Å²) in [4.78, 5) is 15.0. The number of nitrogens with zero attached hydrogens (tertiary/aromatic N) is 4. The maximum absolute atomic E-state index is 4.29. The number of rotatable bonds is 3. The summed E-state index contributed by atoms with van der Waals surface area (Å²) in [5.41, 5.74) is 4.97. The molecule has 3 aromatic heterocycles. The number of fused-ring (bicyclic) bond motifs is 1. The number of hydrogen-bond donors (Lipinski definition) is 1. The van der Waals surface area contributed by atoms with Crippen LogP contribution in [0.15, 0.2) is 35.8 Å². The Morgan fingerprint density at radius 2 is 2.10 bits per heavy atom. The Kier molecular flexibility index (Phi) is 3.39. The van der Waals surface area contributed by atoms with Crippen molar-refractivity contribution < 1.29 is 0 Å². The van der Waals surface area contributed by atoms with Crippen molar-refractivity contribution >= 4 is 33.6 Å². The second-order valence-electron chi connectivity index (χ2n) is 4.31. The summed E-state index contributed by atoms with van der Waals surface area (Å²) >= 11 is 1.67. The lowest BCUT2D eigenvalue weighted by molar-refractivity contribution is 1.18. The Morgan fingerprint density at radius 1 is 1.20 bits per heavy atom. The van der Waals surface area contributed by atoms with Gasteiger partial charge in [0.1, 0.15) is 11.2 Å². The van der Waals surface area contributed by atoms with Gasteiger partial charge in [0.25, 0.3) is 0 Å². The zero-order valence-corrected chi connectivity index (χ0v) is 12.0. The van der Waals surface area contributed by atoms with E-state index in [0.717, 1.165) is 21.7 Å². The number of aryl methyl sites for hydroxylation is 2. The van der Waals surface area contributed by atoms with Gasteiger partial charge in [-0.3, -0.25) is 10.4 Å². The molecule has 0 saturated carbocycles. The van der Waals surface area contributed by atoms with E-state index in [1.807, 2.05) is 18.2 Å². The molecule has 0 fully saturated rings. The van der Waals surface area contributed by atoms with Crippen LogP contribution in [0.1, 0.15) is 16.1 Å². The van der Waals surface area contributed by atoms with Crippen LogP contribution in [-0.2, 0) is 0 Å². The van der Waals surface area contributed by atoms with Crippen LogP contribution in [0.5, 0.6) is 0 Å². The maximum Gasteiger partial charge on any atom is 0.158 e. The van der Waals surface area contributed by atoms with E-state index in [1.54, 1.807) is 30.1 Å². The highest BCUT2D eigenvalue weighted by atomic mass is 32.1. The van der Waals surface area contributed by atoms with Gasteiger partial charge in [-0.05, 0) is 31.5 Å². The predicted octanol–water partition coefficient (Wildman–Crippen LogP) is 3.15. The van der Waals surface area contributed by atoms with Gasteiger partial charge in [-0.2, -0.15) is 5.10 Å². The molecule has 100 valence electrons.